The largest absolute Gasteiger partial charge is 0.317 e. The van der Waals surface area contributed by atoms with Crippen molar-refractivity contribution in [1.82, 2.24) is 0 Å². The molecular weight excluding hydrogens is 124 g/mol. The minimum atomic E-state index is -1.53. The molecule has 0 fully saturated rings. The SMILES string of the molecule is CC(C)(N=C=O)[N+](=O)[O-]. The maximum absolute atomic E-state index is 9.94. The first kappa shape index (κ1) is 7.78. The first-order valence-corrected chi connectivity index (χ1v) is 2.24. The third-order valence-corrected chi connectivity index (χ3v) is 0.766. The maximum atomic E-state index is 9.94. The Labute approximate surface area is 51.5 Å². The third kappa shape index (κ3) is 2.01. The average Bonchev–Trinajstić information content (AvgIpc) is 1.65. The predicted octanol–water partition coefficient (Wildman–Crippen LogP) is 0.335. The Morgan fingerprint density at radius 3 is 2.22 bits per heavy atom. The summed E-state index contributed by atoms with van der Waals surface area (Å²) in [5, 5.41) is 9.94. The Balaban J connectivity index is 4.37. The smallest absolute Gasteiger partial charge is 0.262 e. The van der Waals surface area contributed by atoms with Gasteiger partial charge in [-0.2, -0.15) is 0 Å². The number of nitro groups is 1. The lowest BCUT2D eigenvalue weighted by molar-refractivity contribution is -0.558. The minimum absolute atomic E-state index is 0.655. The summed E-state index contributed by atoms with van der Waals surface area (Å²) in [6, 6.07) is 0. The van der Waals surface area contributed by atoms with Crippen molar-refractivity contribution < 1.29 is 9.72 Å². The first-order chi connectivity index (χ1) is 4.00. The molecule has 0 spiro atoms. The van der Waals surface area contributed by atoms with Gasteiger partial charge >= 0.3 is 5.66 Å². The molecule has 0 unspecified atom stereocenters. The summed E-state index contributed by atoms with van der Waals surface area (Å²) in [6.45, 7) is 2.44. The highest BCUT2D eigenvalue weighted by Crippen LogP contribution is 2.06. The maximum Gasteiger partial charge on any atom is 0.317 e. The van der Waals surface area contributed by atoms with Crippen LogP contribution in [0.1, 0.15) is 13.8 Å². The minimum Gasteiger partial charge on any atom is -0.262 e. The van der Waals surface area contributed by atoms with Crippen molar-refractivity contribution in [3.8, 4) is 0 Å². The van der Waals surface area contributed by atoms with Gasteiger partial charge in [-0.05, 0) is 0 Å². The van der Waals surface area contributed by atoms with Gasteiger partial charge in [-0.25, -0.2) is 4.79 Å². The van der Waals surface area contributed by atoms with Gasteiger partial charge < -0.3 is 0 Å². The van der Waals surface area contributed by atoms with Crippen LogP contribution in [0.25, 0.3) is 0 Å². The van der Waals surface area contributed by atoms with E-state index in [-0.39, 0.29) is 0 Å². The Kier molecular flexibility index (Phi) is 2.05. The van der Waals surface area contributed by atoms with Crippen LogP contribution in [0.3, 0.4) is 0 Å². The van der Waals surface area contributed by atoms with Gasteiger partial charge in [0.25, 0.3) is 0 Å². The van der Waals surface area contributed by atoms with Crippen molar-refractivity contribution >= 4 is 6.08 Å². The van der Waals surface area contributed by atoms with E-state index in [2.05, 4.69) is 4.99 Å². The molecule has 0 aromatic carbocycles. The van der Waals surface area contributed by atoms with Crippen molar-refractivity contribution in [1.29, 1.82) is 0 Å². The van der Waals surface area contributed by atoms with Gasteiger partial charge in [-0.3, -0.25) is 10.1 Å². The number of hydrogen-bond donors (Lipinski definition) is 0. The second kappa shape index (κ2) is 2.37. The number of rotatable bonds is 2. The number of carbonyl (C=O) groups excluding carboxylic acids is 1. The lowest BCUT2D eigenvalue weighted by Gasteiger charge is -2.04. The summed E-state index contributed by atoms with van der Waals surface area (Å²) in [4.78, 5) is 21.8. The summed E-state index contributed by atoms with van der Waals surface area (Å²) in [5.74, 6) is 0. The van der Waals surface area contributed by atoms with Crippen molar-refractivity contribution in [3.05, 3.63) is 10.1 Å². The highest BCUT2D eigenvalue weighted by molar-refractivity contribution is 5.33. The van der Waals surface area contributed by atoms with E-state index in [1.165, 1.54) is 13.8 Å². The molecule has 0 N–H and O–H groups in total. The third-order valence-electron chi connectivity index (χ3n) is 0.766. The Bertz CT molecular complexity index is 165. The quantitative estimate of drug-likeness (QED) is 0.234. The Morgan fingerprint density at radius 1 is 1.67 bits per heavy atom. The highest BCUT2D eigenvalue weighted by Gasteiger charge is 2.28. The van der Waals surface area contributed by atoms with Crippen LogP contribution in [-0.4, -0.2) is 16.7 Å². The van der Waals surface area contributed by atoms with Crippen LogP contribution in [0, 0.1) is 10.1 Å². The van der Waals surface area contributed by atoms with Gasteiger partial charge in [0.2, 0.25) is 6.08 Å². The summed E-state index contributed by atoms with van der Waals surface area (Å²) < 4.78 is 0. The van der Waals surface area contributed by atoms with Crippen LogP contribution in [0.4, 0.5) is 0 Å². The standard InChI is InChI=1S/C4H6N2O3/c1-4(2,5-3-7)6(8)9/h1-2H3. The molecule has 0 aliphatic carbocycles. The van der Waals surface area contributed by atoms with E-state index in [9.17, 15) is 14.9 Å². The molecule has 0 saturated heterocycles. The van der Waals surface area contributed by atoms with Crippen molar-refractivity contribution in [2.75, 3.05) is 0 Å². The summed E-state index contributed by atoms with van der Waals surface area (Å²) in [7, 11) is 0. The van der Waals surface area contributed by atoms with Crippen LogP contribution in [0.5, 0.6) is 0 Å². The van der Waals surface area contributed by atoms with Crippen molar-refractivity contribution in [2.24, 2.45) is 4.99 Å². The van der Waals surface area contributed by atoms with E-state index in [1.807, 2.05) is 0 Å². The van der Waals surface area contributed by atoms with E-state index < -0.39 is 10.6 Å². The highest BCUT2D eigenvalue weighted by atomic mass is 16.6. The van der Waals surface area contributed by atoms with E-state index in [4.69, 9.17) is 0 Å². The summed E-state index contributed by atoms with van der Waals surface area (Å²) >= 11 is 0. The number of isocyanates is 1. The van der Waals surface area contributed by atoms with Crippen LogP contribution in [-0.2, 0) is 4.79 Å². The molecule has 0 rings (SSSR count). The van der Waals surface area contributed by atoms with E-state index >= 15 is 0 Å². The molecule has 5 nitrogen and oxygen atoms in total. The summed E-state index contributed by atoms with van der Waals surface area (Å²) in [6.07, 6.45) is 1.12. The molecule has 0 radical (unpaired) electrons. The first-order valence-electron chi connectivity index (χ1n) is 2.24. The van der Waals surface area contributed by atoms with Crippen molar-refractivity contribution in [3.63, 3.8) is 0 Å². The Hall–Kier alpha value is -1.22. The van der Waals surface area contributed by atoms with E-state index in [0.717, 1.165) is 6.08 Å². The zero-order valence-corrected chi connectivity index (χ0v) is 5.12. The molecule has 0 amide bonds. The lowest BCUT2D eigenvalue weighted by atomic mass is 10.3. The van der Waals surface area contributed by atoms with Crippen LogP contribution in [0.2, 0.25) is 0 Å². The second-order valence-electron chi connectivity index (χ2n) is 1.95. The molecule has 0 heterocycles. The molecule has 50 valence electrons. The lowest BCUT2D eigenvalue weighted by Crippen LogP contribution is -2.27. The van der Waals surface area contributed by atoms with Crippen LogP contribution >= 0.6 is 0 Å². The zero-order valence-electron chi connectivity index (χ0n) is 5.12. The summed E-state index contributed by atoms with van der Waals surface area (Å²) in [5.41, 5.74) is -1.53. The average molecular weight is 130 g/mol. The molecule has 0 aromatic rings. The zero-order chi connectivity index (χ0) is 7.49. The molecule has 0 aliphatic heterocycles. The van der Waals surface area contributed by atoms with Gasteiger partial charge in [-0.1, -0.05) is 0 Å². The normalized spacial score (nSPS) is 10.0. The number of aliphatic imine (C=N–C) groups is 1. The molecule has 0 saturated carbocycles. The monoisotopic (exact) mass is 130 g/mol. The number of hydrogen-bond acceptors (Lipinski definition) is 4. The van der Waals surface area contributed by atoms with E-state index in [1.54, 1.807) is 0 Å². The molecule has 0 atom stereocenters. The van der Waals surface area contributed by atoms with Crippen LogP contribution < -0.4 is 0 Å². The molecular formula is C4H6N2O3. The fraction of sp³-hybridized carbons (Fsp3) is 0.750. The molecule has 0 aromatic heterocycles. The van der Waals surface area contributed by atoms with Crippen LogP contribution in [0.15, 0.2) is 4.99 Å². The van der Waals surface area contributed by atoms with Gasteiger partial charge in [0.15, 0.2) is 0 Å². The fourth-order valence-corrected chi connectivity index (χ4v) is 0.153. The Morgan fingerprint density at radius 2 is 2.11 bits per heavy atom. The van der Waals surface area contributed by atoms with E-state index in [0.29, 0.717) is 0 Å². The molecule has 9 heavy (non-hydrogen) atoms. The molecule has 0 bridgehead atoms. The predicted molar refractivity (Wildman–Crippen MR) is 29.2 cm³/mol. The van der Waals surface area contributed by atoms with Gasteiger partial charge in [0, 0.05) is 13.8 Å². The number of nitrogens with zero attached hydrogens (tertiary/aromatic N) is 2. The molecule has 0 aliphatic rings. The van der Waals surface area contributed by atoms with Gasteiger partial charge in [-0.15, -0.1) is 4.99 Å². The van der Waals surface area contributed by atoms with Gasteiger partial charge in [0.05, 0.1) is 4.92 Å². The molecule has 5 heteroatoms. The fourth-order valence-electron chi connectivity index (χ4n) is 0.153. The van der Waals surface area contributed by atoms with Gasteiger partial charge in [0.1, 0.15) is 0 Å². The van der Waals surface area contributed by atoms with Crippen molar-refractivity contribution in [2.45, 2.75) is 19.5 Å². The second-order valence-corrected chi connectivity index (χ2v) is 1.95. The topological polar surface area (TPSA) is 72.6 Å².